The van der Waals surface area contributed by atoms with E-state index in [1.807, 2.05) is 36.4 Å². The van der Waals surface area contributed by atoms with Gasteiger partial charge in [-0.05, 0) is 35.9 Å². The van der Waals surface area contributed by atoms with Gasteiger partial charge in [0.05, 0.1) is 0 Å². The van der Waals surface area contributed by atoms with E-state index in [9.17, 15) is 0 Å². The first-order valence-electron chi connectivity index (χ1n) is 6.30. The lowest BCUT2D eigenvalue weighted by molar-refractivity contribution is 0.171. The van der Waals surface area contributed by atoms with Gasteiger partial charge in [-0.25, -0.2) is 0 Å². The van der Waals surface area contributed by atoms with E-state index in [1.165, 1.54) is 0 Å². The standard InChI is InChI=1S/C15H13BrClNO2/c16-11-1-3-13(17)10(7-11)9-18-12-2-4-14-15(8-12)20-6-5-19-14/h1-4,7-8,18H,5-6,9H2. The van der Waals surface area contributed by atoms with Gasteiger partial charge in [-0.15, -0.1) is 0 Å². The molecule has 0 spiro atoms. The molecule has 1 aliphatic heterocycles. The lowest BCUT2D eigenvalue weighted by Crippen LogP contribution is -2.15. The van der Waals surface area contributed by atoms with Crippen molar-refractivity contribution in [1.29, 1.82) is 0 Å². The minimum Gasteiger partial charge on any atom is -0.486 e. The van der Waals surface area contributed by atoms with Crippen molar-refractivity contribution in [2.45, 2.75) is 6.54 Å². The summed E-state index contributed by atoms with van der Waals surface area (Å²) in [7, 11) is 0. The van der Waals surface area contributed by atoms with Gasteiger partial charge < -0.3 is 14.8 Å². The Hall–Kier alpha value is -1.39. The predicted octanol–water partition coefficient (Wildman–Crippen LogP) is 4.49. The van der Waals surface area contributed by atoms with E-state index in [4.69, 9.17) is 21.1 Å². The second-order valence-electron chi connectivity index (χ2n) is 4.45. The van der Waals surface area contributed by atoms with Gasteiger partial charge in [-0.2, -0.15) is 0 Å². The van der Waals surface area contributed by atoms with Gasteiger partial charge in [0.2, 0.25) is 0 Å². The van der Waals surface area contributed by atoms with Crippen molar-refractivity contribution in [3.05, 3.63) is 51.5 Å². The van der Waals surface area contributed by atoms with E-state index in [1.54, 1.807) is 0 Å². The summed E-state index contributed by atoms with van der Waals surface area (Å²) in [5.74, 6) is 1.57. The van der Waals surface area contributed by atoms with Crippen LogP contribution in [0.2, 0.25) is 5.02 Å². The number of ether oxygens (including phenoxy) is 2. The summed E-state index contributed by atoms with van der Waals surface area (Å²) in [6, 6.07) is 11.6. The van der Waals surface area contributed by atoms with Crippen LogP contribution < -0.4 is 14.8 Å². The summed E-state index contributed by atoms with van der Waals surface area (Å²) in [6.07, 6.45) is 0. The minimum atomic E-state index is 0.591. The first kappa shape index (κ1) is 13.6. The van der Waals surface area contributed by atoms with Crippen LogP contribution in [-0.4, -0.2) is 13.2 Å². The Kier molecular flexibility index (Phi) is 4.03. The molecule has 2 aromatic carbocycles. The highest BCUT2D eigenvalue weighted by Crippen LogP contribution is 2.33. The molecule has 104 valence electrons. The monoisotopic (exact) mass is 353 g/mol. The van der Waals surface area contributed by atoms with E-state index in [2.05, 4.69) is 21.2 Å². The van der Waals surface area contributed by atoms with E-state index in [0.29, 0.717) is 19.8 Å². The zero-order valence-electron chi connectivity index (χ0n) is 10.7. The summed E-state index contributed by atoms with van der Waals surface area (Å²) >= 11 is 9.62. The van der Waals surface area contributed by atoms with Crippen molar-refractivity contribution in [3.8, 4) is 11.5 Å². The van der Waals surface area contributed by atoms with Crippen LogP contribution in [0, 0.1) is 0 Å². The molecule has 5 heteroatoms. The van der Waals surface area contributed by atoms with Crippen molar-refractivity contribution < 1.29 is 9.47 Å². The highest BCUT2D eigenvalue weighted by atomic mass is 79.9. The molecule has 0 aromatic heterocycles. The number of hydrogen-bond acceptors (Lipinski definition) is 3. The van der Waals surface area contributed by atoms with Crippen LogP contribution in [0.1, 0.15) is 5.56 Å². The third kappa shape index (κ3) is 3.02. The van der Waals surface area contributed by atoms with Gasteiger partial charge >= 0.3 is 0 Å². The Morgan fingerprint density at radius 3 is 2.70 bits per heavy atom. The van der Waals surface area contributed by atoms with Gasteiger partial charge in [0.25, 0.3) is 0 Å². The Morgan fingerprint density at radius 2 is 1.85 bits per heavy atom. The van der Waals surface area contributed by atoms with Gasteiger partial charge in [0.15, 0.2) is 11.5 Å². The second-order valence-corrected chi connectivity index (χ2v) is 5.77. The van der Waals surface area contributed by atoms with E-state index >= 15 is 0 Å². The number of rotatable bonds is 3. The molecule has 3 rings (SSSR count). The van der Waals surface area contributed by atoms with Crippen LogP contribution in [0.25, 0.3) is 0 Å². The summed E-state index contributed by atoms with van der Waals surface area (Å²) in [6.45, 7) is 1.85. The average Bonchev–Trinajstić information content (AvgIpc) is 2.48. The first-order chi connectivity index (χ1) is 9.72. The lowest BCUT2D eigenvalue weighted by atomic mass is 10.2. The zero-order valence-corrected chi connectivity index (χ0v) is 13.0. The second kappa shape index (κ2) is 5.94. The molecule has 1 N–H and O–H groups in total. The fraction of sp³-hybridized carbons (Fsp3) is 0.200. The molecule has 0 atom stereocenters. The van der Waals surface area contributed by atoms with Gasteiger partial charge in [0.1, 0.15) is 13.2 Å². The number of fused-ring (bicyclic) bond motifs is 1. The zero-order chi connectivity index (χ0) is 13.9. The molecule has 0 bridgehead atoms. The largest absolute Gasteiger partial charge is 0.486 e. The quantitative estimate of drug-likeness (QED) is 0.881. The molecule has 0 saturated carbocycles. The molecule has 2 aromatic rings. The molecule has 0 radical (unpaired) electrons. The molecule has 3 nitrogen and oxygen atoms in total. The van der Waals surface area contributed by atoms with Crippen LogP contribution in [0.3, 0.4) is 0 Å². The number of halogens is 2. The predicted molar refractivity (Wildman–Crippen MR) is 83.9 cm³/mol. The van der Waals surface area contributed by atoms with Crippen LogP contribution in [-0.2, 0) is 6.54 Å². The fourth-order valence-corrected chi connectivity index (χ4v) is 2.62. The molecule has 20 heavy (non-hydrogen) atoms. The van der Waals surface area contributed by atoms with Crippen molar-refractivity contribution in [3.63, 3.8) is 0 Å². The molecule has 0 unspecified atom stereocenters. The van der Waals surface area contributed by atoms with Gasteiger partial charge in [0, 0.05) is 27.8 Å². The highest BCUT2D eigenvalue weighted by Gasteiger charge is 2.11. The number of nitrogens with one attached hydrogen (secondary N) is 1. The normalized spacial score (nSPS) is 13.1. The maximum atomic E-state index is 6.17. The molecule has 0 saturated heterocycles. The number of hydrogen-bond donors (Lipinski definition) is 1. The van der Waals surface area contributed by atoms with Crippen molar-refractivity contribution in [2.24, 2.45) is 0 Å². The van der Waals surface area contributed by atoms with Crippen LogP contribution in [0.4, 0.5) is 5.69 Å². The van der Waals surface area contributed by atoms with E-state index < -0.39 is 0 Å². The molecule has 1 heterocycles. The van der Waals surface area contributed by atoms with Gasteiger partial charge in [-0.1, -0.05) is 27.5 Å². The fourth-order valence-electron chi connectivity index (χ4n) is 2.03. The lowest BCUT2D eigenvalue weighted by Gasteiger charge is -2.19. The summed E-state index contributed by atoms with van der Waals surface area (Å²) in [5, 5.41) is 4.09. The topological polar surface area (TPSA) is 30.5 Å². The van der Waals surface area contributed by atoms with Crippen molar-refractivity contribution in [1.82, 2.24) is 0 Å². The Morgan fingerprint density at radius 1 is 1.05 bits per heavy atom. The van der Waals surface area contributed by atoms with Crippen molar-refractivity contribution >= 4 is 33.2 Å². The summed E-state index contributed by atoms with van der Waals surface area (Å²) in [4.78, 5) is 0. The third-order valence-corrected chi connectivity index (χ3v) is 3.89. The molecule has 0 amide bonds. The van der Waals surface area contributed by atoms with Gasteiger partial charge in [-0.3, -0.25) is 0 Å². The first-order valence-corrected chi connectivity index (χ1v) is 7.47. The van der Waals surface area contributed by atoms with E-state index in [-0.39, 0.29) is 0 Å². The SMILES string of the molecule is Clc1ccc(Br)cc1CNc1ccc2c(c1)OCCO2. The van der Waals surface area contributed by atoms with E-state index in [0.717, 1.165) is 32.2 Å². The molecular weight excluding hydrogens is 342 g/mol. The summed E-state index contributed by atoms with van der Waals surface area (Å²) in [5.41, 5.74) is 2.02. The van der Waals surface area contributed by atoms with Crippen LogP contribution in [0.5, 0.6) is 11.5 Å². The Bertz CT molecular complexity index is 633. The maximum Gasteiger partial charge on any atom is 0.163 e. The number of anilines is 1. The molecule has 0 aliphatic carbocycles. The molecule has 0 fully saturated rings. The Labute approximate surface area is 131 Å². The summed E-state index contributed by atoms with van der Waals surface area (Å²) < 4.78 is 12.1. The third-order valence-electron chi connectivity index (χ3n) is 3.03. The van der Waals surface area contributed by atoms with Crippen LogP contribution >= 0.6 is 27.5 Å². The number of benzene rings is 2. The Balaban J connectivity index is 1.73. The highest BCUT2D eigenvalue weighted by molar-refractivity contribution is 9.10. The molecule has 1 aliphatic rings. The minimum absolute atomic E-state index is 0.591. The smallest absolute Gasteiger partial charge is 0.163 e. The maximum absolute atomic E-state index is 6.17. The molecular formula is C15H13BrClNO2. The average molecular weight is 355 g/mol. The van der Waals surface area contributed by atoms with Crippen LogP contribution in [0.15, 0.2) is 40.9 Å². The van der Waals surface area contributed by atoms with Crippen molar-refractivity contribution in [2.75, 3.05) is 18.5 Å².